The summed E-state index contributed by atoms with van der Waals surface area (Å²) in [7, 11) is 1.95. The number of hydrogen-bond acceptors (Lipinski definition) is 3. The van der Waals surface area contributed by atoms with Crippen LogP contribution in [0.3, 0.4) is 0 Å². The van der Waals surface area contributed by atoms with Crippen LogP contribution in [-0.4, -0.2) is 17.0 Å². The number of nitrogens with one attached hydrogen (secondary N) is 1. The van der Waals surface area contributed by atoms with E-state index in [0.717, 1.165) is 12.2 Å². The van der Waals surface area contributed by atoms with Gasteiger partial charge in [0.2, 0.25) is 0 Å². The molecule has 1 rings (SSSR count). The summed E-state index contributed by atoms with van der Waals surface area (Å²) in [5.74, 6) is 1.54. The van der Waals surface area contributed by atoms with E-state index in [4.69, 9.17) is 0 Å². The van der Waals surface area contributed by atoms with E-state index in [-0.39, 0.29) is 6.04 Å². The van der Waals surface area contributed by atoms with Crippen molar-refractivity contribution in [2.45, 2.75) is 26.3 Å². The second-order valence-corrected chi connectivity index (χ2v) is 3.58. The van der Waals surface area contributed by atoms with E-state index in [0.29, 0.717) is 5.92 Å². The van der Waals surface area contributed by atoms with Crippen molar-refractivity contribution in [2.24, 2.45) is 5.92 Å². The Labute approximate surface area is 79.6 Å². The average Bonchev–Trinajstić information content (AvgIpc) is 2.15. The minimum absolute atomic E-state index is 0.279. The predicted octanol–water partition coefficient (Wildman–Crippen LogP) is 1.78. The molecule has 3 heteroatoms. The van der Waals surface area contributed by atoms with Gasteiger partial charge in [-0.3, -0.25) is 0 Å². The van der Waals surface area contributed by atoms with Crippen molar-refractivity contribution in [1.82, 2.24) is 15.3 Å². The van der Waals surface area contributed by atoms with Crippen LogP contribution < -0.4 is 5.32 Å². The first-order valence-electron chi connectivity index (χ1n) is 4.68. The first kappa shape index (κ1) is 10.1. The van der Waals surface area contributed by atoms with Crippen LogP contribution in [0, 0.1) is 5.92 Å². The van der Waals surface area contributed by atoms with Gasteiger partial charge in [0.25, 0.3) is 0 Å². The summed E-state index contributed by atoms with van der Waals surface area (Å²) in [5, 5.41) is 3.22. The van der Waals surface area contributed by atoms with E-state index < -0.39 is 0 Å². The van der Waals surface area contributed by atoms with Crippen LogP contribution in [0.2, 0.25) is 0 Å². The fourth-order valence-corrected chi connectivity index (χ4v) is 1.31. The molecule has 0 fully saturated rings. The maximum atomic E-state index is 4.23. The molecule has 0 spiro atoms. The second-order valence-electron chi connectivity index (χ2n) is 3.58. The molecular formula is C10H17N3. The van der Waals surface area contributed by atoms with Gasteiger partial charge in [-0.05, 0) is 25.5 Å². The topological polar surface area (TPSA) is 37.8 Å². The highest BCUT2D eigenvalue weighted by atomic mass is 15.0. The molecule has 13 heavy (non-hydrogen) atoms. The summed E-state index contributed by atoms with van der Waals surface area (Å²) in [6, 6.07) is 2.12. The molecule has 0 aliphatic carbocycles. The summed E-state index contributed by atoms with van der Waals surface area (Å²) < 4.78 is 0. The number of nitrogens with zero attached hydrogens (tertiary/aromatic N) is 2. The van der Waals surface area contributed by atoms with E-state index in [1.54, 1.807) is 12.4 Å². The number of hydrogen-bond donors (Lipinski definition) is 1. The van der Waals surface area contributed by atoms with E-state index in [9.17, 15) is 0 Å². The van der Waals surface area contributed by atoms with Crippen LogP contribution in [0.25, 0.3) is 0 Å². The van der Waals surface area contributed by atoms with Gasteiger partial charge in [0.15, 0.2) is 0 Å². The Balaban J connectivity index is 2.67. The van der Waals surface area contributed by atoms with Gasteiger partial charge in [-0.1, -0.05) is 13.8 Å². The highest BCUT2D eigenvalue weighted by molar-refractivity contribution is 4.95. The Morgan fingerprint density at radius 3 is 2.38 bits per heavy atom. The molecule has 1 N–H and O–H groups in total. The zero-order chi connectivity index (χ0) is 9.68. The molecule has 3 nitrogen and oxygen atoms in total. The summed E-state index contributed by atoms with van der Waals surface area (Å²) in [6.07, 6.45) is 4.64. The van der Waals surface area contributed by atoms with E-state index in [2.05, 4.69) is 29.1 Å². The highest BCUT2D eigenvalue weighted by Crippen LogP contribution is 2.16. The van der Waals surface area contributed by atoms with E-state index >= 15 is 0 Å². The van der Waals surface area contributed by atoms with Gasteiger partial charge in [-0.2, -0.15) is 0 Å². The molecule has 72 valence electrons. The van der Waals surface area contributed by atoms with Crippen molar-refractivity contribution < 1.29 is 0 Å². The minimum Gasteiger partial charge on any atom is -0.310 e. The van der Waals surface area contributed by atoms with Gasteiger partial charge in [-0.25, -0.2) is 9.97 Å². The quantitative estimate of drug-likeness (QED) is 0.765. The maximum Gasteiger partial charge on any atom is 0.145 e. The predicted molar refractivity (Wildman–Crippen MR) is 53.3 cm³/mol. The lowest BCUT2D eigenvalue weighted by molar-refractivity contribution is 0.439. The summed E-state index contributed by atoms with van der Waals surface area (Å²) in [5.41, 5.74) is 0. The van der Waals surface area contributed by atoms with E-state index in [1.807, 2.05) is 13.1 Å². The molecule has 0 amide bonds. The zero-order valence-corrected chi connectivity index (χ0v) is 8.49. The van der Waals surface area contributed by atoms with Gasteiger partial charge in [-0.15, -0.1) is 0 Å². The van der Waals surface area contributed by atoms with Gasteiger partial charge in [0.1, 0.15) is 5.82 Å². The van der Waals surface area contributed by atoms with Crippen LogP contribution in [-0.2, 0) is 0 Å². The fraction of sp³-hybridized carbons (Fsp3) is 0.600. The van der Waals surface area contributed by atoms with Crippen molar-refractivity contribution in [2.75, 3.05) is 7.05 Å². The third-order valence-corrected chi connectivity index (χ3v) is 1.95. The third kappa shape index (κ3) is 3.11. The largest absolute Gasteiger partial charge is 0.310 e. The molecule has 0 bridgehead atoms. The molecule has 0 saturated carbocycles. The van der Waals surface area contributed by atoms with Crippen molar-refractivity contribution in [1.29, 1.82) is 0 Å². The Kier molecular flexibility index (Phi) is 3.83. The van der Waals surface area contributed by atoms with Crippen molar-refractivity contribution in [3.63, 3.8) is 0 Å². The molecule has 0 radical (unpaired) electrons. The van der Waals surface area contributed by atoms with Crippen LogP contribution in [0.1, 0.15) is 32.1 Å². The molecule has 1 heterocycles. The lowest BCUT2D eigenvalue weighted by Gasteiger charge is -2.16. The second kappa shape index (κ2) is 4.92. The van der Waals surface area contributed by atoms with E-state index in [1.165, 1.54) is 0 Å². The molecule has 0 saturated heterocycles. The monoisotopic (exact) mass is 179 g/mol. The number of rotatable bonds is 4. The Morgan fingerprint density at radius 1 is 1.31 bits per heavy atom. The lowest BCUT2D eigenvalue weighted by atomic mass is 10.0. The molecular weight excluding hydrogens is 162 g/mol. The highest BCUT2D eigenvalue weighted by Gasteiger charge is 2.12. The smallest absolute Gasteiger partial charge is 0.145 e. The van der Waals surface area contributed by atoms with Crippen LogP contribution in [0.15, 0.2) is 18.5 Å². The first-order valence-corrected chi connectivity index (χ1v) is 4.68. The maximum absolute atomic E-state index is 4.23. The Morgan fingerprint density at radius 2 is 1.92 bits per heavy atom. The Hall–Kier alpha value is -0.960. The van der Waals surface area contributed by atoms with Crippen molar-refractivity contribution >= 4 is 0 Å². The van der Waals surface area contributed by atoms with Crippen molar-refractivity contribution in [3.8, 4) is 0 Å². The number of aromatic nitrogens is 2. The average molecular weight is 179 g/mol. The first-order chi connectivity index (χ1) is 6.24. The van der Waals surface area contributed by atoms with Gasteiger partial charge in [0.05, 0.1) is 6.04 Å². The molecule has 1 unspecified atom stereocenters. The molecule has 1 aromatic heterocycles. The van der Waals surface area contributed by atoms with Crippen molar-refractivity contribution in [3.05, 3.63) is 24.3 Å². The molecule has 0 aliphatic heterocycles. The molecule has 1 aromatic rings. The summed E-state index contributed by atoms with van der Waals surface area (Å²) in [4.78, 5) is 8.46. The fourth-order valence-electron chi connectivity index (χ4n) is 1.31. The molecule has 0 aromatic carbocycles. The minimum atomic E-state index is 0.279. The normalized spacial score (nSPS) is 13.2. The molecule has 0 aliphatic rings. The SMILES string of the molecule is CNC(CC(C)C)c1ncccn1. The standard InChI is InChI=1S/C10H17N3/c1-8(2)7-9(11-3)10-12-5-4-6-13-10/h4-6,8-9,11H,7H2,1-3H3. The van der Waals surface area contributed by atoms with Crippen LogP contribution >= 0.6 is 0 Å². The summed E-state index contributed by atoms with van der Waals surface area (Å²) >= 11 is 0. The Bertz CT molecular complexity index is 233. The zero-order valence-electron chi connectivity index (χ0n) is 8.49. The third-order valence-electron chi connectivity index (χ3n) is 1.95. The van der Waals surface area contributed by atoms with Gasteiger partial charge < -0.3 is 5.32 Å². The van der Waals surface area contributed by atoms with Gasteiger partial charge in [0, 0.05) is 12.4 Å². The molecule has 1 atom stereocenters. The summed E-state index contributed by atoms with van der Waals surface area (Å²) in [6.45, 7) is 4.40. The van der Waals surface area contributed by atoms with Crippen LogP contribution in [0.4, 0.5) is 0 Å². The van der Waals surface area contributed by atoms with Crippen LogP contribution in [0.5, 0.6) is 0 Å². The lowest BCUT2D eigenvalue weighted by Crippen LogP contribution is -2.20. The van der Waals surface area contributed by atoms with Gasteiger partial charge >= 0.3 is 0 Å².